The van der Waals surface area contributed by atoms with Crippen LogP contribution in [0.2, 0.25) is 0 Å². The Morgan fingerprint density at radius 2 is 2.08 bits per heavy atom. The molecule has 2 fully saturated rings. The molecule has 2 aliphatic rings. The summed E-state index contributed by atoms with van der Waals surface area (Å²) in [5.41, 5.74) is 0.323. The van der Waals surface area contributed by atoms with Gasteiger partial charge in [0.1, 0.15) is 10.6 Å². The highest BCUT2D eigenvalue weighted by Gasteiger charge is 2.29. The molecular formula is C14H23ClN4O3S2. The highest BCUT2D eigenvalue weighted by atomic mass is 35.5. The first-order chi connectivity index (χ1) is 11.0. The van der Waals surface area contributed by atoms with E-state index >= 15 is 0 Å². The Morgan fingerprint density at radius 1 is 1.38 bits per heavy atom. The first-order valence-corrected chi connectivity index (χ1v) is 10.3. The molecule has 1 atom stereocenters. The number of rotatable bonds is 4. The van der Waals surface area contributed by atoms with Crippen LogP contribution in [0.5, 0.6) is 0 Å². The van der Waals surface area contributed by atoms with Crippen molar-refractivity contribution >= 4 is 40.1 Å². The van der Waals surface area contributed by atoms with Gasteiger partial charge in [0, 0.05) is 50.4 Å². The average molecular weight is 395 g/mol. The van der Waals surface area contributed by atoms with Crippen molar-refractivity contribution in [3.63, 3.8) is 0 Å². The van der Waals surface area contributed by atoms with E-state index in [1.54, 1.807) is 23.7 Å². The summed E-state index contributed by atoms with van der Waals surface area (Å²) in [5, 5.41) is 3.22. The predicted molar refractivity (Wildman–Crippen MR) is 97.5 cm³/mol. The minimum Gasteiger partial charge on any atom is -0.356 e. The van der Waals surface area contributed by atoms with Crippen LogP contribution < -0.4 is 5.32 Å². The van der Waals surface area contributed by atoms with E-state index in [1.807, 2.05) is 0 Å². The quantitative estimate of drug-likeness (QED) is 0.781. The summed E-state index contributed by atoms with van der Waals surface area (Å²) in [6.07, 6.45) is 2.34. The number of likely N-dealkylation sites (N-methyl/N-ethyl adjacent to an activating group) is 1. The highest BCUT2D eigenvalue weighted by molar-refractivity contribution is 7.99. The Hall–Kier alpha value is -0.740. The number of H-pyrrole nitrogens is 1. The minimum atomic E-state index is -3.51. The van der Waals surface area contributed by atoms with Gasteiger partial charge in [-0.2, -0.15) is 16.1 Å². The number of carbonyl (C=O) groups is 1. The maximum atomic E-state index is 12.6. The molecule has 7 nitrogen and oxygen atoms in total. The first-order valence-electron chi connectivity index (χ1n) is 7.74. The van der Waals surface area contributed by atoms with Crippen molar-refractivity contribution in [1.82, 2.24) is 19.5 Å². The number of thioether (sulfide) groups is 1. The summed E-state index contributed by atoms with van der Waals surface area (Å²) in [6, 6.07) is 1.61. The van der Waals surface area contributed by atoms with E-state index in [2.05, 4.69) is 10.3 Å². The Bertz CT molecular complexity index is 667. The van der Waals surface area contributed by atoms with Crippen LogP contribution in [0.1, 0.15) is 16.9 Å². The second-order valence-electron chi connectivity index (χ2n) is 5.83. The molecule has 1 unspecified atom stereocenters. The van der Waals surface area contributed by atoms with Crippen molar-refractivity contribution in [2.45, 2.75) is 17.4 Å². The van der Waals surface area contributed by atoms with Gasteiger partial charge in [-0.1, -0.05) is 0 Å². The number of halogens is 1. The molecule has 136 valence electrons. The van der Waals surface area contributed by atoms with Gasteiger partial charge < -0.3 is 15.2 Å². The van der Waals surface area contributed by atoms with Crippen LogP contribution in [0.3, 0.4) is 0 Å². The molecule has 1 aromatic rings. The lowest BCUT2D eigenvalue weighted by molar-refractivity contribution is 0.0738. The number of aromatic nitrogens is 1. The van der Waals surface area contributed by atoms with Crippen LogP contribution in [0, 0.1) is 0 Å². The summed E-state index contributed by atoms with van der Waals surface area (Å²) < 4.78 is 26.7. The van der Waals surface area contributed by atoms with Crippen molar-refractivity contribution in [1.29, 1.82) is 0 Å². The van der Waals surface area contributed by atoms with E-state index in [1.165, 1.54) is 16.6 Å². The summed E-state index contributed by atoms with van der Waals surface area (Å²) in [5.74, 6) is 1.45. The molecular weight excluding hydrogens is 372 g/mol. The van der Waals surface area contributed by atoms with Crippen molar-refractivity contribution in [3.05, 3.63) is 18.0 Å². The Balaban J connectivity index is 0.00000208. The number of carbonyl (C=O) groups excluding carboxylic acids is 1. The SMILES string of the molecule is CN(C(=O)c1cc(S(=O)(=O)N2CCSCC2)c[nH]1)C1CCNC1.Cl. The monoisotopic (exact) mass is 394 g/mol. The van der Waals surface area contributed by atoms with E-state index < -0.39 is 10.0 Å². The third-order valence-corrected chi connectivity index (χ3v) is 7.22. The van der Waals surface area contributed by atoms with Gasteiger partial charge in [0.25, 0.3) is 5.91 Å². The van der Waals surface area contributed by atoms with Crippen molar-refractivity contribution in [3.8, 4) is 0 Å². The second kappa shape index (κ2) is 8.09. The topological polar surface area (TPSA) is 85.5 Å². The number of hydrogen-bond donors (Lipinski definition) is 2. The largest absolute Gasteiger partial charge is 0.356 e. The Labute approximate surface area is 153 Å². The van der Waals surface area contributed by atoms with Crippen LogP contribution >= 0.6 is 24.2 Å². The lowest BCUT2D eigenvalue weighted by atomic mass is 10.2. The van der Waals surface area contributed by atoms with Gasteiger partial charge in [0.2, 0.25) is 10.0 Å². The summed E-state index contributed by atoms with van der Waals surface area (Å²) in [4.78, 5) is 17.2. The Kier molecular flexibility index (Phi) is 6.60. The molecule has 3 heterocycles. The molecule has 2 N–H and O–H groups in total. The summed E-state index contributed by atoms with van der Waals surface area (Å²) in [6.45, 7) is 2.73. The number of sulfonamides is 1. The predicted octanol–water partition coefficient (Wildman–Crippen LogP) is 0.608. The second-order valence-corrected chi connectivity index (χ2v) is 8.99. The normalized spacial score (nSPS) is 22.1. The molecule has 0 saturated carbocycles. The number of amides is 1. The van der Waals surface area contributed by atoms with Gasteiger partial charge in [-0.15, -0.1) is 12.4 Å². The summed E-state index contributed by atoms with van der Waals surface area (Å²) >= 11 is 1.76. The number of aromatic amines is 1. The van der Waals surface area contributed by atoms with Gasteiger partial charge in [0.15, 0.2) is 0 Å². The maximum absolute atomic E-state index is 12.6. The van der Waals surface area contributed by atoms with E-state index in [0.717, 1.165) is 31.0 Å². The van der Waals surface area contributed by atoms with E-state index in [9.17, 15) is 13.2 Å². The number of nitrogens with zero attached hydrogens (tertiary/aromatic N) is 2. The lowest BCUT2D eigenvalue weighted by Gasteiger charge is -2.25. The van der Waals surface area contributed by atoms with Crippen LogP contribution in [0.25, 0.3) is 0 Å². The standard InChI is InChI=1S/C14H22N4O3S2.ClH/c1-17(11-2-3-15-9-11)14(19)13-8-12(10-16-13)23(20,21)18-4-6-22-7-5-18;/h8,10-11,15-16H,2-7,9H2,1H3;1H. The lowest BCUT2D eigenvalue weighted by Crippen LogP contribution is -2.38. The molecule has 2 aliphatic heterocycles. The zero-order valence-corrected chi connectivity index (χ0v) is 16.0. The molecule has 1 aromatic heterocycles. The molecule has 0 spiro atoms. The molecule has 0 aliphatic carbocycles. The fraction of sp³-hybridized carbons (Fsp3) is 0.643. The third-order valence-electron chi connectivity index (χ3n) is 4.40. The average Bonchev–Trinajstić information content (AvgIpc) is 3.26. The van der Waals surface area contributed by atoms with Crippen LogP contribution in [0.4, 0.5) is 0 Å². The Morgan fingerprint density at radius 3 is 2.71 bits per heavy atom. The fourth-order valence-electron chi connectivity index (χ4n) is 2.91. The van der Waals surface area contributed by atoms with Gasteiger partial charge >= 0.3 is 0 Å². The van der Waals surface area contributed by atoms with Crippen molar-refractivity contribution in [2.24, 2.45) is 0 Å². The van der Waals surface area contributed by atoms with Crippen LogP contribution in [-0.2, 0) is 10.0 Å². The van der Waals surface area contributed by atoms with E-state index in [4.69, 9.17) is 0 Å². The maximum Gasteiger partial charge on any atom is 0.270 e. The molecule has 10 heteroatoms. The van der Waals surface area contributed by atoms with Gasteiger partial charge in [0.05, 0.1) is 0 Å². The first kappa shape index (κ1) is 19.6. The molecule has 1 amide bonds. The minimum absolute atomic E-state index is 0. The fourth-order valence-corrected chi connectivity index (χ4v) is 5.48. The van der Waals surface area contributed by atoms with Crippen molar-refractivity contribution < 1.29 is 13.2 Å². The third kappa shape index (κ3) is 3.91. The number of nitrogens with one attached hydrogen (secondary N) is 2. The zero-order valence-electron chi connectivity index (χ0n) is 13.5. The highest BCUT2D eigenvalue weighted by Crippen LogP contribution is 2.21. The smallest absolute Gasteiger partial charge is 0.270 e. The molecule has 2 saturated heterocycles. The van der Waals surface area contributed by atoms with E-state index in [0.29, 0.717) is 18.8 Å². The zero-order chi connectivity index (χ0) is 16.4. The number of hydrogen-bond acceptors (Lipinski definition) is 5. The summed E-state index contributed by atoms with van der Waals surface area (Å²) in [7, 11) is -1.75. The molecule has 0 aromatic carbocycles. The molecule has 24 heavy (non-hydrogen) atoms. The molecule has 0 radical (unpaired) electrons. The van der Waals surface area contributed by atoms with Gasteiger partial charge in [-0.05, 0) is 19.0 Å². The van der Waals surface area contributed by atoms with E-state index in [-0.39, 0.29) is 29.3 Å². The van der Waals surface area contributed by atoms with Crippen molar-refractivity contribution in [2.75, 3.05) is 44.7 Å². The van der Waals surface area contributed by atoms with Crippen LogP contribution in [-0.4, -0.2) is 79.3 Å². The molecule has 3 rings (SSSR count). The molecule has 0 bridgehead atoms. The van der Waals surface area contributed by atoms with Gasteiger partial charge in [-0.3, -0.25) is 4.79 Å². The van der Waals surface area contributed by atoms with Gasteiger partial charge in [-0.25, -0.2) is 8.42 Å². The van der Waals surface area contributed by atoms with Crippen LogP contribution in [0.15, 0.2) is 17.2 Å².